The highest BCUT2D eigenvalue weighted by molar-refractivity contribution is 4.77. The lowest BCUT2D eigenvalue weighted by molar-refractivity contribution is -0.0112. The number of nitrogens with one attached hydrogen (secondary N) is 1. The van der Waals surface area contributed by atoms with Crippen LogP contribution in [0.15, 0.2) is 0 Å². The summed E-state index contributed by atoms with van der Waals surface area (Å²) in [6.07, 6.45) is 7.13. The van der Waals surface area contributed by atoms with E-state index >= 15 is 0 Å². The van der Waals surface area contributed by atoms with Crippen LogP contribution in [-0.4, -0.2) is 50.3 Å². The van der Waals surface area contributed by atoms with Gasteiger partial charge in [-0.25, -0.2) is 0 Å². The van der Waals surface area contributed by atoms with E-state index in [1.54, 1.807) is 0 Å². The van der Waals surface area contributed by atoms with E-state index in [2.05, 4.69) is 24.1 Å². The Kier molecular flexibility index (Phi) is 6.62. The molecule has 0 spiro atoms. The van der Waals surface area contributed by atoms with Crippen LogP contribution in [0.2, 0.25) is 0 Å². The number of hydrogen-bond acceptors (Lipinski definition) is 3. The normalized spacial score (nSPS) is 27.0. The maximum Gasteiger partial charge on any atom is 0.0702 e. The van der Waals surface area contributed by atoms with Gasteiger partial charge in [0.1, 0.15) is 0 Å². The van der Waals surface area contributed by atoms with Crippen LogP contribution in [0.25, 0.3) is 0 Å². The number of nitrogens with zero attached hydrogens (tertiary/aromatic N) is 1. The fourth-order valence-electron chi connectivity index (χ4n) is 3.19. The molecule has 2 fully saturated rings. The Morgan fingerprint density at radius 1 is 1.16 bits per heavy atom. The lowest BCUT2D eigenvalue weighted by Crippen LogP contribution is -2.42. The molecule has 0 aliphatic carbocycles. The molecule has 2 heterocycles. The van der Waals surface area contributed by atoms with Gasteiger partial charge in [0, 0.05) is 13.2 Å². The average molecular weight is 268 g/mol. The maximum absolute atomic E-state index is 5.84. The molecule has 0 aromatic carbocycles. The third-order valence-electron chi connectivity index (χ3n) is 4.43. The second kappa shape index (κ2) is 8.23. The van der Waals surface area contributed by atoms with Crippen molar-refractivity contribution < 1.29 is 4.74 Å². The molecule has 2 aliphatic rings. The molecule has 1 N–H and O–H groups in total. The zero-order valence-electron chi connectivity index (χ0n) is 12.9. The third kappa shape index (κ3) is 5.80. The predicted molar refractivity (Wildman–Crippen MR) is 80.5 cm³/mol. The number of piperidine rings is 1. The van der Waals surface area contributed by atoms with Gasteiger partial charge < -0.3 is 15.0 Å². The lowest BCUT2D eigenvalue weighted by atomic mass is 9.96. The van der Waals surface area contributed by atoms with Crippen LogP contribution in [0.1, 0.15) is 46.0 Å². The van der Waals surface area contributed by atoms with Gasteiger partial charge in [0.05, 0.1) is 6.10 Å². The van der Waals surface area contributed by atoms with Crippen molar-refractivity contribution in [1.29, 1.82) is 0 Å². The second-order valence-electron chi connectivity index (χ2n) is 6.78. The summed E-state index contributed by atoms with van der Waals surface area (Å²) in [6, 6.07) is 0. The van der Waals surface area contributed by atoms with Crippen molar-refractivity contribution in [2.24, 2.45) is 11.8 Å². The van der Waals surface area contributed by atoms with Gasteiger partial charge in [0.25, 0.3) is 0 Å². The highest BCUT2D eigenvalue weighted by atomic mass is 16.5. The van der Waals surface area contributed by atoms with Gasteiger partial charge in [-0.15, -0.1) is 0 Å². The summed E-state index contributed by atoms with van der Waals surface area (Å²) in [5.41, 5.74) is 0. The third-order valence-corrected chi connectivity index (χ3v) is 4.43. The van der Waals surface area contributed by atoms with Crippen LogP contribution < -0.4 is 5.32 Å². The van der Waals surface area contributed by atoms with Crippen molar-refractivity contribution in [2.75, 3.05) is 39.3 Å². The molecule has 1 atom stereocenters. The van der Waals surface area contributed by atoms with Crippen LogP contribution >= 0.6 is 0 Å². The standard InChI is InChI=1S/C16H32N2O/c1-14(2)11-17-12-15-6-8-18(9-7-15)13-16-5-3-4-10-19-16/h14-17H,3-13H2,1-2H3. The fourth-order valence-corrected chi connectivity index (χ4v) is 3.19. The molecule has 0 radical (unpaired) electrons. The van der Waals surface area contributed by atoms with Crippen LogP contribution in [0.3, 0.4) is 0 Å². The van der Waals surface area contributed by atoms with E-state index in [1.807, 2.05) is 0 Å². The Bertz CT molecular complexity index is 231. The van der Waals surface area contributed by atoms with E-state index in [9.17, 15) is 0 Å². The molecule has 0 aromatic heterocycles. The second-order valence-corrected chi connectivity index (χ2v) is 6.78. The van der Waals surface area contributed by atoms with E-state index in [-0.39, 0.29) is 0 Å². The number of ether oxygens (including phenoxy) is 1. The van der Waals surface area contributed by atoms with Crippen molar-refractivity contribution in [2.45, 2.75) is 52.1 Å². The highest BCUT2D eigenvalue weighted by Gasteiger charge is 2.22. The lowest BCUT2D eigenvalue weighted by Gasteiger charge is -2.35. The molecule has 0 bridgehead atoms. The summed E-state index contributed by atoms with van der Waals surface area (Å²) in [6.45, 7) is 11.6. The quantitative estimate of drug-likeness (QED) is 0.801. The van der Waals surface area contributed by atoms with E-state index in [4.69, 9.17) is 4.74 Å². The van der Waals surface area contributed by atoms with Crippen molar-refractivity contribution in [3.63, 3.8) is 0 Å². The SMILES string of the molecule is CC(C)CNCC1CCN(CC2CCCCO2)CC1. The molecule has 3 heteroatoms. The topological polar surface area (TPSA) is 24.5 Å². The Morgan fingerprint density at radius 3 is 2.58 bits per heavy atom. The average Bonchev–Trinajstić information content (AvgIpc) is 2.42. The fraction of sp³-hybridized carbons (Fsp3) is 1.00. The van der Waals surface area contributed by atoms with Crippen molar-refractivity contribution in [3.05, 3.63) is 0 Å². The van der Waals surface area contributed by atoms with Crippen LogP contribution in [0.4, 0.5) is 0 Å². The molecule has 0 aromatic rings. The summed E-state index contributed by atoms with van der Waals surface area (Å²) < 4.78 is 5.84. The van der Waals surface area contributed by atoms with Gasteiger partial charge in [0.2, 0.25) is 0 Å². The maximum atomic E-state index is 5.84. The molecule has 2 saturated heterocycles. The smallest absolute Gasteiger partial charge is 0.0702 e. The largest absolute Gasteiger partial charge is 0.377 e. The number of rotatable bonds is 6. The van der Waals surface area contributed by atoms with Gasteiger partial charge in [-0.3, -0.25) is 0 Å². The minimum atomic E-state index is 0.518. The summed E-state index contributed by atoms with van der Waals surface area (Å²) in [5.74, 6) is 1.66. The Morgan fingerprint density at radius 2 is 1.95 bits per heavy atom. The number of hydrogen-bond donors (Lipinski definition) is 1. The Hall–Kier alpha value is -0.120. The highest BCUT2D eigenvalue weighted by Crippen LogP contribution is 2.19. The summed E-state index contributed by atoms with van der Waals surface area (Å²) in [4.78, 5) is 2.62. The van der Waals surface area contributed by atoms with Gasteiger partial charge in [0.15, 0.2) is 0 Å². The van der Waals surface area contributed by atoms with Crippen molar-refractivity contribution in [1.82, 2.24) is 10.2 Å². The molecular formula is C16H32N2O. The minimum Gasteiger partial charge on any atom is -0.377 e. The summed E-state index contributed by atoms with van der Waals surface area (Å²) in [5, 5.41) is 3.61. The molecule has 0 amide bonds. The van der Waals surface area contributed by atoms with E-state index in [1.165, 1.54) is 58.3 Å². The van der Waals surface area contributed by atoms with Crippen LogP contribution in [0, 0.1) is 11.8 Å². The molecule has 112 valence electrons. The van der Waals surface area contributed by atoms with E-state index in [0.717, 1.165) is 25.0 Å². The van der Waals surface area contributed by atoms with Gasteiger partial charge in [-0.1, -0.05) is 13.8 Å². The monoisotopic (exact) mass is 268 g/mol. The molecule has 2 rings (SSSR count). The van der Waals surface area contributed by atoms with E-state index < -0.39 is 0 Å². The predicted octanol–water partition coefficient (Wildman–Crippen LogP) is 2.51. The zero-order chi connectivity index (χ0) is 13.5. The summed E-state index contributed by atoms with van der Waals surface area (Å²) in [7, 11) is 0. The Balaban J connectivity index is 1.56. The molecule has 1 unspecified atom stereocenters. The Labute approximate surface area is 119 Å². The molecule has 2 aliphatic heterocycles. The van der Waals surface area contributed by atoms with Crippen molar-refractivity contribution >= 4 is 0 Å². The first-order valence-corrected chi connectivity index (χ1v) is 8.28. The first-order chi connectivity index (χ1) is 9.24. The first kappa shape index (κ1) is 15.3. The van der Waals surface area contributed by atoms with Crippen LogP contribution in [-0.2, 0) is 4.74 Å². The van der Waals surface area contributed by atoms with Crippen LogP contribution in [0.5, 0.6) is 0 Å². The van der Waals surface area contributed by atoms with Crippen molar-refractivity contribution in [3.8, 4) is 0 Å². The molecule has 0 saturated carbocycles. The zero-order valence-corrected chi connectivity index (χ0v) is 12.9. The van der Waals surface area contributed by atoms with Gasteiger partial charge >= 0.3 is 0 Å². The van der Waals surface area contributed by atoms with Gasteiger partial charge in [-0.05, 0) is 70.1 Å². The minimum absolute atomic E-state index is 0.518. The molecule has 3 nitrogen and oxygen atoms in total. The number of likely N-dealkylation sites (tertiary alicyclic amines) is 1. The van der Waals surface area contributed by atoms with Gasteiger partial charge in [-0.2, -0.15) is 0 Å². The van der Waals surface area contributed by atoms with E-state index in [0.29, 0.717) is 6.10 Å². The first-order valence-electron chi connectivity index (χ1n) is 8.28. The molecular weight excluding hydrogens is 236 g/mol. The summed E-state index contributed by atoms with van der Waals surface area (Å²) >= 11 is 0. The molecule has 19 heavy (non-hydrogen) atoms.